The third kappa shape index (κ3) is 3.26. The number of aromatic nitrogens is 1. The van der Waals surface area contributed by atoms with Crippen molar-refractivity contribution in [3.05, 3.63) is 77.0 Å². The van der Waals surface area contributed by atoms with Gasteiger partial charge in [-0.3, -0.25) is 0 Å². The van der Waals surface area contributed by atoms with Crippen LogP contribution in [-0.2, 0) is 24.3 Å². The van der Waals surface area contributed by atoms with E-state index in [1.54, 1.807) is 18.3 Å². The Bertz CT molecular complexity index is 1840. The zero-order valence-electron chi connectivity index (χ0n) is 26.5. The van der Waals surface area contributed by atoms with E-state index in [4.69, 9.17) is 11.3 Å². The highest BCUT2D eigenvalue weighted by Gasteiger charge is 2.38. The number of fused-ring (bicyclic) bond motifs is 6. The molecule has 5 aromatic rings. The lowest BCUT2D eigenvalue weighted by Crippen LogP contribution is -2.34. The van der Waals surface area contributed by atoms with E-state index in [1.807, 2.05) is 18.5 Å². The fraction of sp³-hybridized carbons (Fsp3) is 0.364. The molecule has 0 fully saturated rings. The van der Waals surface area contributed by atoms with Gasteiger partial charge >= 0.3 is 0 Å². The smallest absolute Gasteiger partial charge is 0.216 e. The van der Waals surface area contributed by atoms with Gasteiger partial charge < -0.3 is 4.42 Å². The maximum absolute atomic E-state index is 8.34. The van der Waals surface area contributed by atoms with Crippen LogP contribution >= 0.6 is 0 Å². The van der Waals surface area contributed by atoms with Gasteiger partial charge in [-0.15, -0.1) is 0 Å². The van der Waals surface area contributed by atoms with Gasteiger partial charge in [-0.2, -0.15) is 0 Å². The molecule has 0 saturated heterocycles. The minimum absolute atomic E-state index is 0.0573. The van der Waals surface area contributed by atoms with Gasteiger partial charge in [0, 0.05) is 29.8 Å². The van der Waals surface area contributed by atoms with E-state index < -0.39 is 13.2 Å². The number of hydrogen-bond acceptors (Lipinski definition) is 1. The van der Waals surface area contributed by atoms with E-state index in [0.717, 1.165) is 45.9 Å². The zero-order valence-corrected chi connectivity index (χ0v) is 21.5. The van der Waals surface area contributed by atoms with Crippen LogP contribution in [-0.4, -0.2) is 0 Å². The van der Waals surface area contributed by atoms with E-state index in [2.05, 4.69) is 64.1 Å². The van der Waals surface area contributed by atoms with Crippen molar-refractivity contribution in [2.45, 2.75) is 71.5 Å². The third-order valence-electron chi connectivity index (χ3n) is 8.32. The van der Waals surface area contributed by atoms with Gasteiger partial charge in [0.15, 0.2) is 6.20 Å². The SMILES string of the molecule is [2H]C([2H])([2H])C([2H])([2H])c1cc[n+](C)c(-c2c(C)ccc3c2oc2cc4c5c(ccc4cc23)C(C)(C)CCC5(C)C)c1. The highest BCUT2D eigenvalue weighted by molar-refractivity contribution is 6.13. The van der Waals surface area contributed by atoms with E-state index in [1.165, 1.54) is 21.9 Å². The standard InChI is InChI=1S/C33H36NO/c1-8-21-13-16-34(7)27(17-21)29-20(2)9-11-23-25-18-22-10-12-26-30(24(22)19-28(25)35-31(23)29)33(5,6)15-14-32(26,3)4/h9-13,16-19H,8,14-15H2,1-7H3/q+1/i1D3,8D2. The molecule has 0 amide bonds. The molecule has 0 N–H and O–H groups in total. The zero-order chi connectivity index (χ0) is 29.0. The van der Waals surface area contributed by atoms with Crippen molar-refractivity contribution in [1.82, 2.24) is 0 Å². The molecule has 1 aliphatic rings. The van der Waals surface area contributed by atoms with Gasteiger partial charge in [-0.05, 0) is 82.1 Å². The summed E-state index contributed by atoms with van der Waals surface area (Å²) in [5, 5.41) is 4.45. The second kappa shape index (κ2) is 7.43. The summed E-state index contributed by atoms with van der Waals surface area (Å²) in [7, 11) is 1.88. The maximum atomic E-state index is 8.34. The molecular formula is C33H36NO+. The molecule has 2 nitrogen and oxygen atoms in total. The number of aryl methyl sites for hydroxylation is 3. The largest absolute Gasteiger partial charge is 0.455 e. The number of hydrogen-bond donors (Lipinski definition) is 0. The van der Waals surface area contributed by atoms with Gasteiger partial charge in [-0.1, -0.05) is 58.8 Å². The van der Waals surface area contributed by atoms with Crippen LogP contribution in [0.25, 0.3) is 44.0 Å². The van der Waals surface area contributed by atoms with Crippen molar-refractivity contribution in [1.29, 1.82) is 0 Å². The van der Waals surface area contributed by atoms with Gasteiger partial charge in [0.1, 0.15) is 18.2 Å². The molecule has 6 rings (SSSR count). The molecule has 0 atom stereocenters. The molecule has 0 aliphatic heterocycles. The predicted molar refractivity (Wildman–Crippen MR) is 147 cm³/mol. The van der Waals surface area contributed by atoms with Crippen LogP contribution in [0.4, 0.5) is 0 Å². The topological polar surface area (TPSA) is 17.0 Å². The summed E-state index contributed by atoms with van der Waals surface area (Å²) in [5.74, 6) is 0. The van der Waals surface area contributed by atoms with Gasteiger partial charge in [-0.25, -0.2) is 4.57 Å². The fourth-order valence-electron chi connectivity index (χ4n) is 6.15. The first-order valence-corrected chi connectivity index (χ1v) is 12.5. The van der Waals surface area contributed by atoms with Crippen LogP contribution in [0.15, 0.2) is 59.1 Å². The van der Waals surface area contributed by atoms with Crippen molar-refractivity contribution in [2.24, 2.45) is 7.05 Å². The highest BCUT2D eigenvalue weighted by atomic mass is 16.3. The summed E-state index contributed by atoms with van der Waals surface area (Å²) in [6.45, 7) is 8.58. The molecule has 0 bridgehead atoms. The number of furan rings is 1. The second-order valence-corrected chi connectivity index (χ2v) is 11.6. The molecule has 0 radical (unpaired) electrons. The lowest BCUT2D eigenvalue weighted by atomic mass is 9.62. The summed E-state index contributed by atoms with van der Waals surface area (Å²) in [4.78, 5) is 0. The lowest BCUT2D eigenvalue weighted by Gasteiger charge is -2.42. The first-order valence-electron chi connectivity index (χ1n) is 15.0. The molecular weight excluding hydrogens is 426 g/mol. The van der Waals surface area contributed by atoms with Crippen LogP contribution in [0.5, 0.6) is 0 Å². The van der Waals surface area contributed by atoms with Crippen molar-refractivity contribution in [2.75, 3.05) is 0 Å². The minimum Gasteiger partial charge on any atom is -0.455 e. The molecule has 178 valence electrons. The number of nitrogens with zero attached hydrogens (tertiary/aromatic N) is 1. The average molecular weight is 468 g/mol. The molecule has 0 spiro atoms. The molecule has 0 unspecified atom stereocenters. The monoisotopic (exact) mass is 467 g/mol. The van der Waals surface area contributed by atoms with Crippen LogP contribution in [0.1, 0.15) is 76.5 Å². The number of benzene rings is 3. The Balaban J connectivity index is 1.64. The van der Waals surface area contributed by atoms with E-state index >= 15 is 0 Å². The minimum atomic E-state index is -2.79. The Morgan fingerprint density at radius 3 is 2.54 bits per heavy atom. The van der Waals surface area contributed by atoms with Gasteiger partial charge in [0.2, 0.25) is 5.69 Å². The molecule has 2 heteroatoms. The van der Waals surface area contributed by atoms with Crippen molar-refractivity contribution >= 4 is 32.7 Å². The molecule has 1 aliphatic carbocycles. The predicted octanol–water partition coefficient (Wildman–Crippen LogP) is 8.45. The van der Waals surface area contributed by atoms with E-state index in [9.17, 15) is 0 Å². The molecule has 0 saturated carbocycles. The average Bonchev–Trinajstić information content (AvgIpc) is 3.22. The van der Waals surface area contributed by atoms with Gasteiger partial charge in [0.05, 0.1) is 5.56 Å². The molecule has 2 aromatic heterocycles. The molecule has 3 aromatic carbocycles. The maximum Gasteiger partial charge on any atom is 0.216 e. The Kier molecular flexibility index (Phi) is 3.68. The normalized spacial score (nSPS) is 19.7. The highest BCUT2D eigenvalue weighted by Crippen LogP contribution is 2.49. The Labute approximate surface area is 215 Å². The Morgan fingerprint density at radius 1 is 0.943 bits per heavy atom. The summed E-state index contributed by atoms with van der Waals surface area (Å²) in [6.07, 6.45) is 1.52. The fourth-order valence-corrected chi connectivity index (χ4v) is 6.15. The van der Waals surface area contributed by atoms with E-state index in [0.29, 0.717) is 5.69 Å². The Morgan fingerprint density at radius 2 is 1.74 bits per heavy atom. The first kappa shape index (κ1) is 17.3. The van der Waals surface area contributed by atoms with Gasteiger partial charge in [0.25, 0.3) is 0 Å². The van der Waals surface area contributed by atoms with E-state index in [-0.39, 0.29) is 16.4 Å². The first-order chi connectivity index (χ1) is 18.5. The summed E-state index contributed by atoms with van der Waals surface area (Å²) >= 11 is 0. The summed E-state index contributed by atoms with van der Waals surface area (Å²) < 4.78 is 48.6. The lowest BCUT2D eigenvalue weighted by molar-refractivity contribution is -0.660. The molecule has 2 heterocycles. The summed E-state index contributed by atoms with van der Waals surface area (Å²) in [5.41, 5.74) is 7.17. The third-order valence-corrected chi connectivity index (χ3v) is 8.32. The van der Waals surface area contributed by atoms with Crippen LogP contribution in [0.2, 0.25) is 0 Å². The quantitative estimate of drug-likeness (QED) is 0.238. The van der Waals surface area contributed by atoms with Crippen molar-refractivity contribution in [3.8, 4) is 11.3 Å². The Hall–Kier alpha value is -3.13. The van der Waals surface area contributed by atoms with Crippen LogP contribution < -0.4 is 4.57 Å². The van der Waals surface area contributed by atoms with Crippen LogP contribution in [0.3, 0.4) is 0 Å². The van der Waals surface area contributed by atoms with Crippen molar-refractivity contribution in [3.63, 3.8) is 0 Å². The molecule has 35 heavy (non-hydrogen) atoms. The van der Waals surface area contributed by atoms with Crippen LogP contribution in [0, 0.1) is 6.92 Å². The second-order valence-electron chi connectivity index (χ2n) is 11.6. The summed E-state index contributed by atoms with van der Waals surface area (Å²) in [6, 6.07) is 16.3. The number of rotatable bonds is 2. The number of pyridine rings is 1. The van der Waals surface area contributed by atoms with Crippen molar-refractivity contribution < 1.29 is 15.8 Å².